The van der Waals surface area contributed by atoms with Crippen LogP contribution in [-0.4, -0.2) is 47.6 Å². The first-order chi connectivity index (χ1) is 10.7. The Balaban J connectivity index is 2.32. The van der Waals surface area contributed by atoms with Crippen LogP contribution in [0.3, 0.4) is 0 Å². The maximum absolute atomic E-state index is 12.3. The van der Waals surface area contributed by atoms with Gasteiger partial charge in [0.25, 0.3) is 0 Å². The first-order valence-corrected chi connectivity index (χ1v) is 9.16. The van der Waals surface area contributed by atoms with E-state index < -0.39 is 5.60 Å². The van der Waals surface area contributed by atoms with Crippen molar-refractivity contribution in [1.82, 2.24) is 10.2 Å². The quantitative estimate of drug-likeness (QED) is 0.405. The van der Waals surface area contributed by atoms with Crippen molar-refractivity contribution in [3.63, 3.8) is 0 Å². The predicted molar refractivity (Wildman–Crippen MR) is 97.1 cm³/mol. The highest BCUT2D eigenvalue weighted by molar-refractivity contribution is 6.20. The van der Waals surface area contributed by atoms with Gasteiger partial charge in [-0.1, -0.05) is 12.2 Å². The second kappa shape index (κ2) is 9.53. The van der Waals surface area contributed by atoms with Crippen LogP contribution in [0.15, 0.2) is 12.2 Å². The van der Waals surface area contributed by atoms with Crippen molar-refractivity contribution in [3.8, 4) is 0 Å². The second-order valence-electron chi connectivity index (χ2n) is 7.43. The molecule has 1 rings (SSSR count). The number of amides is 1. The molecule has 0 aromatic rings. The van der Waals surface area contributed by atoms with Crippen LogP contribution in [0.2, 0.25) is 0 Å². The number of hydrogen-bond donors (Lipinski definition) is 1. The number of alkyl halides is 1. The fraction of sp³-hybridized carbons (Fsp3) is 0.833. The molecule has 1 N–H and O–H groups in total. The number of likely N-dealkylation sites (tertiary alicyclic amines) is 1. The summed E-state index contributed by atoms with van der Waals surface area (Å²) in [7, 11) is 0. The van der Waals surface area contributed by atoms with Gasteiger partial charge in [-0.3, -0.25) is 0 Å². The molecular formula is C18H33ClN2O2. The maximum Gasteiger partial charge on any atom is 0.410 e. The first-order valence-electron chi connectivity index (χ1n) is 8.73. The third-order valence-corrected chi connectivity index (χ3v) is 4.03. The van der Waals surface area contributed by atoms with Gasteiger partial charge < -0.3 is 15.0 Å². The van der Waals surface area contributed by atoms with Gasteiger partial charge in [-0.25, -0.2) is 4.79 Å². The van der Waals surface area contributed by atoms with E-state index in [-0.39, 0.29) is 17.5 Å². The number of hydrogen-bond acceptors (Lipinski definition) is 3. The summed E-state index contributed by atoms with van der Waals surface area (Å²) in [5, 5.41) is 3.51. The van der Waals surface area contributed by atoms with Crippen molar-refractivity contribution in [3.05, 3.63) is 12.2 Å². The Morgan fingerprint density at radius 3 is 2.74 bits per heavy atom. The lowest BCUT2D eigenvalue weighted by Gasteiger charge is -2.29. The molecule has 0 saturated carbocycles. The van der Waals surface area contributed by atoms with Crippen LogP contribution in [0.25, 0.3) is 0 Å². The average molecular weight is 345 g/mol. The Labute approximate surface area is 146 Å². The van der Waals surface area contributed by atoms with Crippen molar-refractivity contribution in [2.75, 3.05) is 19.6 Å². The van der Waals surface area contributed by atoms with Crippen LogP contribution in [-0.2, 0) is 4.74 Å². The summed E-state index contributed by atoms with van der Waals surface area (Å²) in [4.78, 5) is 14.1. The molecular weight excluding hydrogens is 312 g/mol. The van der Waals surface area contributed by atoms with Gasteiger partial charge in [-0.2, -0.15) is 0 Å². The van der Waals surface area contributed by atoms with Gasteiger partial charge in [-0.05, 0) is 66.3 Å². The summed E-state index contributed by atoms with van der Waals surface area (Å²) in [5.41, 5.74) is 0.704. The second-order valence-corrected chi connectivity index (χ2v) is 8.18. The molecule has 0 radical (unpaired) electrons. The molecule has 1 unspecified atom stereocenters. The Kier molecular flexibility index (Phi) is 8.41. The molecule has 1 saturated heterocycles. The minimum atomic E-state index is -0.448. The number of nitrogens with one attached hydrogen (secondary N) is 1. The lowest BCUT2D eigenvalue weighted by molar-refractivity contribution is 0.0247. The van der Waals surface area contributed by atoms with E-state index >= 15 is 0 Å². The van der Waals surface area contributed by atoms with Gasteiger partial charge in [0.2, 0.25) is 0 Å². The minimum Gasteiger partial charge on any atom is -0.444 e. The Morgan fingerprint density at radius 1 is 1.43 bits per heavy atom. The highest BCUT2D eigenvalue weighted by Gasteiger charge is 2.33. The fourth-order valence-electron chi connectivity index (χ4n) is 2.80. The standard InChI is InChI=1S/C18H33ClN2O2/c1-14(9-6-7-11-20-13-15(2)19)16-10-8-12-21(16)17(22)23-18(3,4)5/h15-16,20H,1,6-13H2,2-5H3/t15?,16-/m0/s1. The molecule has 0 aliphatic carbocycles. The van der Waals surface area contributed by atoms with Crippen molar-refractivity contribution < 1.29 is 9.53 Å². The van der Waals surface area contributed by atoms with Gasteiger partial charge >= 0.3 is 6.09 Å². The van der Waals surface area contributed by atoms with Crippen molar-refractivity contribution in [2.24, 2.45) is 0 Å². The number of halogens is 1. The van der Waals surface area contributed by atoms with E-state index in [0.717, 1.165) is 57.3 Å². The lowest BCUT2D eigenvalue weighted by atomic mass is 10.0. The number of carbonyl (C=O) groups is 1. The van der Waals surface area contributed by atoms with Crippen molar-refractivity contribution in [2.45, 2.75) is 76.8 Å². The highest BCUT2D eigenvalue weighted by Crippen LogP contribution is 2.27. The van der Waals surface area contributed by atoms with E-state index in [0.29, 0.717) is 0 Å². The minimum absolute atomic E-state index is 0.140. The summed E-state index contributed by atoms with van der Waals surface area (Å²) in [6.07, 6.45) is 4.96. The molecule has 0 bridgehead atoms. The first kappa shape index (κ1) is 20.3. The number of unbranched alkanes of at least 4 members (excludes halogenated alkanes) is 1. The SMILES string of the molecule is C=C(CCCCNCC(C)Cl)[C@@H]1CCCN1C(=O)OC(C)(C)C. The summed E-state index contributed by atoms with van der Waals surface area (Å²) in [6.45, 7) is 14.5. The number of carbonyl (C=O) groups excluding carboxylic acids is 1. The van der Waals surface area contributed by atoms with E-state index in [1.54, 1.807) is 0 Å². The predicted octanol–water partition coefficient (Wildman–Crippen LogP) is 4.33. The monoisotopic (exact) mass is 344 g/mol. The summed E-state index contributed by atoms with van der Waals surface area (Å²) in [6, 6.07) is 0.140. The number of nitrogens with zero attached hydrogens (tertiary/aromatic N) is 1. The van der Waals surface area contributed by atoms with Gasteiger partial charge in [-0.15, -0.1) is 11.6 Å². The van der Waals surface area contributed by atoms with Crippen LogP contribution in [0.5, 0.6) is 0 Å². The van der Waals surface area contributed by atoms with Crippen LogP contribution < -0.4 is 5.32 Å². The van der Waals surface area contributed by atoms with Gasteiger partial charge in [0, 0.05) is 18.5 Å². The molecule has 4 nitrogen and oxygen atoms in total. The Hall–Kier alpha value is -0.740. The molecule has 1 aliphatic heterocycles. The van der Waals surface area contributed by atoms with Gasteiger partial charge in [0.05, 0.1) is 6.04 Å². The van der Waals surface area contributed by atoms with Gasteiger partial charge in [0.15, 0.2) is 0 Å². The van der Waals surface area contributed by atoms with Crippen LogP contribution in [0.4, 0.5) is 4.79 Å². The van der Waals surface area contributed by atoms with E-state index in [2.05, 4.69) is 11.9 Å². The normalized spacial score (nSPS) is 19.7. The molecule has 0 aromatic heterocycles. The molecule has 1 fully saturated rings. The molecule has 134 valence electrons. The number of ether oxygens (including phenoxy) is 1. The van der Waals surface area contributed by atoms with Crippen LogP contribution in [0.1, 0.15) is 59.8 Å². The Morgan fingerprint density at radius 2 is 2.13 bits per heavy atom. The third kappa shape index (κ3) is 8.07. The molecule has 1 aliphatic rings. The van der Waals surface area contributed by atoms with Crippen LogP contribution in [0, 0.1) is 0 Å². The fourth-order valence-corrected chi connectivity index (χ4v) is 2.91. The van der Waals surface area contributed by atoms with Crippen molar-refractivity contribution >= 4 is 17.7 Å². The van der Waals surface area contributed by atoms with E-state index in [4.69, 9.17) is 16.3 Å². The molecule has 0 spiro atoms. The Bertz CT molecular complexity index is 391. The molecule has 1 amide bonds. The zero-order valence-electron chi connectivity index (χ0n) is 15.2. The molecule has 5 heteroatoms. The van der Waals surface area contributed by atoms with Crippen molar-refractivity contribution in [1.29, 1.82) is 0 Å². The zero-order valence-corrected chi connectivity index (χ0v) is 15.9. The molecule has 2 atom stereocenters. The molecule has 23 heavy (non-hydrogen) atoms. The zero-order chi connectivity index (χ0) is 17.5. The molecule has 1 heterocycles. The maximum atomic E-state index is 12.3. The average Bonchev–Trinajstić information content (AvgIpc) is 2.89. The summed E-state index contributed by atoms with van der Waals surface area (Å²) < 4.78 is 5.51. The van der Waals surface area contributed by atoms with E-state index in [9.17, 15) is 4.79 Å². The highest BCUT2D eigenvalue weighted by atomic mass is 35.5. The molecule has 0 aromatic carbocycles. The summed E-state index contributed by atoms with van der Waals surface area (Å²) >= 11 is 5.89. The topological polar surface area (TPSA) is 41.6 Å². The summed E-state index contributed by atoms with van der Waals surface area (Å²) in [5.74, 6) is 0. The largest absolute Gasteiger partial charge is 0.444 e. The van der Waals surface area contributed by atoms with E-state index in [1.165, 1.54) is 0 Å². The smallest absolute Gasteiger partial charge is 0.410 e. The van der Waals surface area contributed by atoms with E-state index in [1.807, 2.05) is 32.6 Å². The lowest BCUT2D eigenvalue weighted by Crippen LogP contribution is -2.40. The van der Waals surface area contributed by atoms with Crippen LogP contribution >= 0.6 is 11.6 Å². The third-order valence-electron chi connectivity index (χ3n) is 3.88. The number of rotatable bonds is 8. The van der Waals surface area contributed by atoms with Gasteiger partial charge in [0.1, 0.15) is 5.60 Å².